The zero-order valence-electron chi connectivity index (χ0n) is 9.66. The van der Waals surface area contributed by atoms with E-state index in [0.717, 1.165) is 5.56 Å². The first-order valence-corrected chi connectivity index (χ1v) is 5.68. The van der Waals surface area contributed by atoms with Crippen LogP contribution in [0.15, 0.2) is 30.3 Å². The fourth-order valence-electron chi connectivity index (χ4n) is 1.43. The Kier molecular flexibility index (Phi) is 4.13. The Balaban J connectivity index is 2.15. The number of hydrazine groups is 1. The summed E-state index contributed by atoms with van der Waals surface area (Å²) in [5.74, 6) is 2.62. The molecule has 0 amide bonds. The quantitative estimate of drug-likeness (QED) is 0.670. The standard InChI is InChI=1S/C12H10ClF2N3O/c13-8-3-1-2-7(4-8)6-19-12-10(15)5-9(14)11(17-12)18-16/h1-5H,6,16H2,(H,17,18). The number of nitrogens with one attached hydrogen (secondary N) is 1. The zero-order chi connectivity index (χ0) is 13.8. The zero-order valence-corrected chi connectivity index (χ0v) is 10.4. The van der Waals surface area contributed by atoms with Gasteiger partial charge in [0.2, 0.25) is 0 Å². The second kappa shape index (κ2) is 5.81. The van der Waals surface area contributed by atoms with E-state index in [-0.39, 0.29) is 18.3 Å². The molecule has 4 nitrogen and oxygen atoms in total. The van der Waals surface area contributed by atoms with Crippen LogP contribution in [0.5, 0.6) is 5.88 Å². The van der Waals surface area contributed by atoms with E-state index < -0.39 is 11.6 Å². The van der Waals surface area contributed by atoms with E-state index in [9.17, 15) is 8.78 Å². The highest BCUT2D eigenvalue weighted by atomic mass is 35.5. The van der Waals surface area contributed by atoms with Crippen LogP contribution in [0, 0.1) is 11.6 Å². The van der Waals surface area contributed by atoms with Crippen LogP contribution in [0.25, 0.3) is 0 Å². The van der Waals surface area contributed by atoms with E-state index in [1.165, 1.54) is 0 Å². The van der Waals surface area contributed by atoms with Crippen molar-refractivity contribution in [2.24, 2.45) is 5.84 Å². The fourth-order valence-corrected chi connectivity index (χ4v) is 1.64. The lowest BCUT2D eigenvalue weighted by atomic mass is 10.2. The second-order valence-corrected chi connectivity index (χ2v) is 4.11. The van der Waals surface area contributed by atoms with Crippen molar-refractivity contribution in [2.75, 3.05) is 5.43 Å². The Morgan fingerprint density at radius 2 is 2.05 bits per heavy atom. The van der Waals surface area contributed by atoms with Gasteiger partial charge < -0.3 is 10.2 Å². The van der Waals surface area contributed by atoms with Gasteiger partial charge in [-0.15, -0.1) is 0 Å². The topological polar surface area (TPSA) is 60.2 Å². The third-order valence-electron chi connectivity index (χ3n) is 2.30. The van der Waals surface area contributed by atoms with Crippen LogP contribution >= 0.6 is 11.6 Å². The largest absolute Gasteiger partial charge is 0.471 e. The third-order valence-corrected chi connectivity index (χ3v) is 2.53. The molecule has 2 aromatic rings. The maximum Gasteiger partial charge on any atom is 0.252 e. The maximum atomic E-state index is 13.4. The predicted octanol–water partition coefficient (Wildman–Crippen LogP) is 2.88. The molecule has 0 bridgehead atoms. The Hall–Kier alpha value is -1.92. The number of rotatable bonds is 4. The molecule has 1 aromatic carbocycles. The molecule has 1 aromatic heterocycles. The molecule has 0 saturated heterocycles. The Morgan fingerprint density at radius 3 is 2.74 bits per heavy atom. The molecule has 2 rings (SSSR count). The Labute approximate surface area is 113 Å². The second-order valence-electron chi connectivity index (χ2n) is 3.67. The van der Waals surface area contributed by atoms with Crippen molar-refractivity contribution in [3.8, 4) is 5.88 Å². The number of benzene rings is 1. The van der Waals surface area contributed by atoms with E-state index in [1.54, 1.807) is 24.3 Å². The van der Waals surface area contributed by atoms with Crippen molar-refractivity contribution in [3.05, 3.63) is 52.6 Å². The minimum atomic E-state index is -0.904. The van der Waals surface area contributed by atoms with Crippen molar-refractivity contribution in [1.29, 1.82) is 0 Å². The van der Waals surface area contributed by atoms with E-state index >= 15 is 0 Å². The summed E-state index contributed by atoms with van der Waals surface area (Å²) in [4.78, 5) is 3.59. The Bertz CT molecular complexity index is 595. The highest BCUT2D eigenvalue weighted by molar-refractivity contribution is 6.30. The highest BCUT2D eigenvalue weighted by Crippen LogP contribution is 2.21. The third kappa shape index (κ3) is 3.30. The number of hydrogen-bond acceptors (Lipinski definition) is 4. The number of nitrogens with two attached hydrogens (primary N) is 1. The average Bonchev–Trinajstić information content (AvgIpc) is 2.38. The van der Waals surface area contributed by atoms with Gasteiger partial charge in [-0.1, -0.05) is 23.7 Å². The smallest absolute Gasteiger partial charge is 0.252 e. The van der Waals surface area contributed by atoms with Gasteiger partial charge in [0.15, 0.2) is 17.5 Å². The molecular weight excluding hydrogens is 276 g/mol. The number of halogens is 3. The van der Waals surface area contributed by atoms with Crippen molar-refractivity contribution in [3.63, 3.8) is 0 Å². The van der Waals surface area contributed by atoms with Gasteiger partial charge >= 0.3 is 0 Å². The lowest BCUT2D eigenvalue weighted by Gasteiger charge is -2.09. The number of pyridine rings is 1. The summed E-state index contributed by atoms with van der Waals surface area (Å²) < 4.78 is 31.7. The molecular formula is C12H10ClF2N3O. The van der Waals surface area contributed by atoms with Crippen LogP contribution in [0.2, 0.25) is 5.02 Å². The molecule has 3 N–H and O–H groups in total. The van der Waals surface area contributed by atoms with Gasteiger partial charge in [0.05, 0.1) is 0 Å². The summed E-state index contributed by atoms with van der Waals surface area (Å²) in [7, 11) is 0. The molecule has 19 heavy (non-hydrogen) atoms. The summed E-state index contributed by atoms with van der Waals surface area (Å²) in [6.07, 6.45) is 0. The number of anilines is 1. The molecule has 0 aliphatic heterocycles. The van der Waals surface area contributed by atoms with Gasteiger partial charge in [0.25, 0.3) is 5.88 Å². The van der Waals surface area contributed by atoms with Crippen LogP contribution in [0.1, 0.15) is 5.56 Å². The summed E-state index contributed by atoms with van der Waals surface area (Å²) in [5.41, 5.74) is 2.75. The monoisotopic (exact) mass is 285 g/mol. The molecule has 1 heterocycles. The first kappa shape index (κ1) is 13.5. The van der Waals surface area contributed by atoms with Crippen LogP contribution in [-0.2, 0) is 6.61 Å². The Morgan fingerprint density at radius 1 is 1.26 bits per heavy atom. The van der Waals surface area contributed by atoms with Gasteiger partial charge in [-0.05, 0) is 17.7 Å². The fraction of sp³-hybridized carbons (Fsp3) is 0.0833. The summed E-state index contributed by atoms with van der Waals surface area (Å²) in [6, 6.07) is 7.52. The lowest BCUT2D eigenvalue weighted by molar-refractivity contribution is 0.276. The van der Waals surface area contributed by atoms with Gasteiger partial charge in [-0.25, -0.2) is 14.6 Å². The molecule has 0 atom stereocenters. The SMILES string of the molecule is NNc1nc(OCc2cccc(Cl)c2)c(F)cc1F. The number of nitrogens with zero attached hydrogens (tertiary/aromatic N) is 1. The summed E-state index contributed by atoms with van der Waals surface area (Å²) >= 11 is 5.80. The summed E-state index contributed by atoms with van der Waals surface area (Å²) in [5, 5.41) is 0.540. The molecule has 0 aliphatic rings. The van der Waals surface area contributed by atoms with Gasteiger partial charge in [-0.2, -0.15) is 4.98 Å². The molecule has 0 fully saturated rings. The minimum Gasteiger partial charge on any atom is -0.471 e. The van der Waals surface area contributed by atoms with Crippen molar-refractivity contribution < 1.29 is 13.5 Å². The number of nitrogen functional groups attached to an aromatic ring is 1. The number of hydrogen-bond donors (Lipinski definition) is 2. The average molecular weight is 286 g/mol. The van der Waals surface area contributed by atoms with Gasteiger partial charge in [0.1, 0.15) is 6.61 Å². The first-order valence-electron chi connectivity index (χ1n) is 5.30. The van der Waals surface area contributed by atoms with E-state index in [2.05, 4.69) is 4.98 Å². The van der Waals surface area contributed by atoms with Crippen LogP contribution in [0.4, 0.5) is 14.6 Å². The minimum absolute atomic E-state index is 0.0557. The normalized spacial score (nSPS) is 10.3. The molecule has 100 valence electrons. The highest BCUT2D eigenvalue weighted by Gasteiger charge is 2.12. The van der Waals surface area contributed by atoms with Crippen LogP contribution in [0.3, 0.4) is 0 Å². The van der Waals surface area contributed by atoms with E-state index in [1.807, 2.05) is 5.43 Å². The van der Waals surface area contributed by atoms with Gasteiger partial charge in [0, 0.05) is 11.1 Å². The number of aromatic nitrogens is 1. The van der Waals surface area contributed by atoms with Crippen molar-refractivity contribution in [1.82, 2.24) is 4.98 Å². The van der Waals surface area contributed by atoms with E-state index in [0.29, 0.717) is 11.1 Å². The molecule has 0 unspecified atom stereocenters. The molecule has 0 spiro atoms. The lowest BCUT2D eigenvalue weighted by Crippen LogP contribution is -2.12. The summed E-state index contributed by atoms with van der Waals surface area (Å²) in [6.45, 7) is 0.0557. The number of ether oxygens (including phenoxy) is 1. The first-order chi connectivity index (χ1) is 9.10. The maximum absolute atomic E-state index is 13.4. The van der Waals surface area contributed by atoms with Crippen molar-refractivity contribution in [2.45, 2.75) is 6.61 Å². The molecule has 0 radical (unpaired) electrons. The molecule has 7 heteroatoms. The molecule has 0 aliphatic carbocycles. The molecule has 0 saturated carbocycles. The predicted molar refractivity (Wildman–Crippen MR) is 67.7 cm³/mol. The van der Waals surface area contributed by atoms with Crippen LogP contribution < -0.4 is 16.0 Å². The van der Waals surface area contributed by atoms with Gasteiger partial charge in [-0.3, -0.25) is 0 Å². The van der Waals surface area contributed by atoms with E-state index in [4.69, 9.17) is 22.2 Å². The van der Waals surface area contributed by atoms with Crippen LogP contribution in [-0.4, -0.2) is 4.98 Å². The van der Waals surface area contributed by atoms with Crippen molar-refractivity contribution >= 4 is 17.4 Å².